The van der Waals surface area contributed by atoms with E-state index in [1.165, 1.54) is 24.3 Å². The van der Waals surface area contributed by atoms with Crippen LogP contribution in [-0.4, -0.2) is 22.5 Å². The SMILES string of the molecule is NC(=S)NNC(=O)COc1ccc([N+](=O)[O-])cc1. The number of carbonyl (C=O) groups is 1. The third kappa shape index (κ3) is 4.61. The van der Waals surface area contributed by atoms with Gasteiger partial charge in [0.05, 0.1) is 4.92 Å². The molecule has 0 aliphatic heterocycles. The second-order valence-electron chi connectivity index (χ2n) is 3.08. The number of amides is 1. The van der Waals surface area contributed by atoms with Gasteiger partial charge in [-0.2, -0.15) is 0 Å². The molecule has 0 saturated heterocycles. The Bertz CT molecular complexity index is 462. The van der Waals surface area contributed by atoms with Gasteiger partial charge < -0.3 is 10.5 Å². The monoisotopic (exact) mass is 270 g/mol. The maximum Gasteiger partial charge on any atom is 0.276 e. The van der Waals surface area contributed by atoms with Crippen molar-refractivity contribution in [3.8, 4) is 5.75 Å². The number of hydrazine groups is 1. The van der Waals surface area contributed by atoms with E-state index >= 15 is 0 Å². The molecule has 0 unspecified atom stereocenters. The average Bonchev–Trinajstić information content (AvgIpc) is 2.34. The minimum Gasteiger partial charge on any atom is -0.484 e. The first-order chi connectivity index (χ1) is 8.49. The highest BCUT2D eigenvalue weighted by atomic mass is 32.1. The van der Waals surface area contributed by atoms with Crippen LogP contribution in [0.5, 0.6) is 5.75 Å². The van der Waals surface area contributed by atoms with Gasteiger partial charge in [-0.05, 0) is 24.4 Å². The first kappa shape index (κ1) is 13.6. The number of ether oxygens (including phenoxy) is 1. The molecule has 0 aromatic heterocycles. The topological polar surface area (TPSA) is 120 Å². The molecular formula is C9H10N4O4S. The molecule has 0 atom stereocenters. The van der Waals surface area contributed by atoms with E-state index in [0.29, 0.717) is 5.75 Å². The van der Waals surface area contributed by atoms with Crippen LogP contribution in [0.2, 0.25) is 0 Å². The Kier molecular flexibility index (Phi) is 4.81. The van der Waals surface area contributed by atoms with Crippen LogP contribution in [0.15, 0.2) is 24.3 Å². The molecule has 0 bridgehead atoms. The Morgan fingerprint density at radius 1 is 1.39 bits per heavy atom. The van der Waals surface area contributed by atoms with Crippen LogP contribution in [0.3, 0.4) is 0 Å². The van der Waals surface area contributed by atoms with Crippen LogP contribution in [0.25, 0.3) is 0 Å². The lowest BCUT2D eigenvalue weighted by Gasteiger charge is -2.07. The minimum absolute atomic E-state index is 0.0538. The Morgan fingerprint density at radius 3 is 2.50 bits per heavy atom. The van der Waals surface area contributed by atoms with Gasteiger partial charge in [-0.1, -0.05) is 0 Å². The lowest BCUT2D eigenvalue weighted by atomic mass is 10.3. The number of nitrogens with two attached hydrogens (primary N) is 1. The molecule has 1 aromatic carbocycles. The summed E-state index contributed by atoms with van der Waals surface area (Å²) in [7, 11) is 0. The van der Waals surface area contributed by atoms with Gasteiger partial charge in [0.25, 0.3) is 11.6 Å². The van der Waals surface area contributed by atoms with E-state index in [4.69, 9.17) is 10.5 Å². The van der Waals surface area contributed by atoms with Crippen LogP contribution >= 0.6 is 12.2 Å². The molecule has 1 aromatic rings. The quantitative estimate of drug-likeness (QED) is 0.395. The third-order valence-electron chi connectivity index (χ3n) is 1.74. The van der Waals surface area contributed by atoms with Crippen LogP contribution in [0, 0.1) is 10.1 Å². The van der Waals surface area contributed by atoms with Crippen molar-refractivity contribution >= 4 is 28.9 Å². The first-order valence-corrected chi connectivity index (χ1v) is 5.11. The number of hydrogen-bond acceptors (Lipinski definition) is 5. The highest BCUT2D eigenvalue weighted by Crippen LogP contribution is 2.16. The lowest BCUT2D eigenvalue weighted by molar-refractivity contribution is -0.384. The fourth-order valence-corrected chi connectivity index (χ4v) is 1.03. The van der Waals surface area contributed by atoms with E-state index in [-0.39, 0.29) is 17.4 Å². The number of hydrogen-bond donors (Lipinski definition) is 3. The van der Waals surface area contributed by atoms with E-state index in [2.05, 4.69) is 23.1 Å². The van der Waals surface area contributed by atoms with Crippen molar-refractivity contribution in [2.75, 3.05) is 6.61 Å². The second-order valence-corrected chi connectivity index (χ2v) is 3.52. The number of rotatable bonds is 4. The lowest BCUT2D eigenvalue weighted by Crippen LogP contribution is -2.46. The first-order valence-electron chi connectivity index (χ1n) is 4.70. The zero-order valence-corrected chi connectivity index (χ0v) is 9.90. The van der Waals surface area contributed by atoms with E-state index in [1.54, 1.807) is 0 Å². The number of nitro benzene ring substituents is 1. The summed E-state index contributed by atoms with van der Waals surface area (Å²) in [6.45, 7) is -0.270. The van der Waals surface area contributed by atoms with Crippen molar-refractivity contribution in [3.63, 3.8) is 0 Å². The average molecular weight is 270 g/mol. The van der Waals surface area contributed by atoms with E-state index in [0.717, 1.165) is 0 Å². The molecule has 0 heterocycles. The molecule has 0 saturated carbocycles. The predicted octanol–water partition coefficient (Wildman–Crippen LogP) is -0.162. The van der Waals surface area contributed by atoms with Gasteiger partial charge in [-0.15, -0.1) is 0 Å². The predicted molar refractivity (Wildman–Crippen MR) is 66.7 cm³/mol. The number of nitrogens with zero attached hydrogens (tertiary/aromatic N) is 1. The van der Waals surface area contributed by atoms with Gasteiger partial charge in [0, 0.05) is 12.1 Å². The van der Waals surface area contributed by atoms with Gasteiger partial charge in [0.2, 0.25) is 0 Å². The van der Waals surface area contributed by atoms with Crippen LogP contribution < -0.4 is 21.3 Å². The maximum atomic E-state index is 11.2. The zero-order valence-electron chi connectivity index (χ0n) is 9.08. The summed E-state index contributed by atoms with van der Waals surface area (Å²) >= 11 is 4.48. The van der Waals surface area contributed by atoms with Crippen molar-refractivity contribution in [2.24, 2.45) is 5.73 Å². The van der Waals surface area contributed by atoms with Crippen LogP contribution in [-0.2, 0) is 4.79 Å². The third-order valence-corrected chi connectivity index (χ3v) is 1.84. The molecule has 18 heavy (non-hydrogen) atoms. The summed E-state index contributed by atoms with van der Waals surface area (Å²) in [6, 6.07) is 5.35. The van der Waals surface area contributed by atoms with Gasteiger partial charge in [0.15, 0.2) is 11.7 Å². The number of nitro groups is 1. The smallest absolute Gasteiger partial charge is 0.276 e. The van der Waals surface area contributed by atoms with Gasteiger partial charge in [-0.3, -0.25) is 25.8 Å². The molecule has 4 N–H and O–H groups in total. The molecular weight excluding hydrogens is 260 g/mol. The van der Waals surface area contributed by atoms with Crippen LogP contribution in [0.1, 0.15) is 0 Å². The zero-order chi connectivity index (χ0) is 13.5. The molecule has 9 heteroatoms. The highest BCUT2D eigenvalue weighted by molar-refractivity contribution is 7.80. The van der Waals surface area contributed by atoms with Crippen molar-refractivity contribution in [2.45, 2.75) is 0 Å². The van der Waals surface area contributed by atoms with Gasteiger partial charge >= 0.3 is 0 Å². The number of benzene rings is 1. The van der Waals surface area contributed by atoms with Crippen molar-refractivity contribution in [1.82, 2.24) is 10.9 Å². The molecule has 1 rings (SSSR count). The summed E-state index contributed by atoms with van der Waals surface area (Å²) in [5, 5.41) is 10.3. The fourth-order valence-electron chi connectivity index (χ4n) is 0.980. The van der Waals surface area contributed by atoms with Gasteiger partial charge in [0.1, 0.15) is 5.75 Å². The van der Waals surface area contributed by atoms with Crippen molar-refractivity contribution in [1.29, 1.82) is 0 Å². The molecule has 8 nitrogen and oxygen atoms in total. The standard InChI is InChI=1S/C9H10N4O4S/c10-9(18)12-11-8(14)5-17-7-3-1-6(2-4-7)13(15)16/h1-4H,5H2,(H,11,14)(H3,10,12,18). The summed E-state index contributed by atoms with van der Waals surface area (Å²) in [4.78, 5) is 21.0. The highest BCUT2D eigenvalue weighted by Gasteiger charge is 2.06. The Balaban J connectivity index is 2.41. The normalized spacial score (nSPS) is 9.33. The summed E-state index contributed by atoms with van der Waals surface area (Å²) in [6.07, 6.45) is 0. The summed E-state index contributed by atoms with van der Waals surface area (Å²) in [5.74, 6) is -0.146. The number of thiocarbonyl (C=S) groups is 1. The van der Waals surface area contributed by atoms with E-state index in [1.807, 2.05) is 0 Å². The minimum atomic E-state index is -0.525. The van der Waals surface area contributed by atoms with Crippen molar-refractivity contribution in [3.05, 3.63) is 34.4 Å². The van der Waals surface area contributed by atoms with Crippen molar-refractivity contribution < 1.29 is 14.5 Å². The van der Waals surface area contributed by atoms with Gasteiger partial charge in [-0.25, -0.2) is 0 Å². The molecule has 0 aliphatic carbocycles. The molecule has 96 valence electrons. The molecule has 1 amide bonds. The second kappa shape index (κ2) is 6.35. The Labute approximate surface area is 107 Å². The Morgan fingerprint density at radius 2 is 2.00 bits per heavy atom. The number of non-ortho nitro benzene ring substituents is 1. The number of nitrogens with one attached hydrogen (secondary N) is 2. The molecule has 0 spiro atoms. The maximum absolute atomic E-state index is 11.2. The van der Waals surface area contributed by atoms with Crippen LogP contribution in [0.4, 0.5) is 5.69 Å². The largest absolute Gasteiger partial charge is 0.484 e. The fraction of sp³-hybridized carbons (Fsp3) is 0.111. The van der Waals surface area contributed by atoms with E-state index in [9.17, 15) is 14.9 Å². The number of carbonyl (C=O) groups excluding carboxylic acids is 1. The molecule has 0 fully saturated rings. The summed E-state index contributed by atoms with van der Waals surface area (Å²) < 4.78 is 5.08. The Hall–Kier alpha value is -2.42. The summed E-state index contributed by atoms with van der Waals surface area (Å²) in [5.41, 5.74) is 9.48. The van der Waals surface area contributed by atoms with E-state index < -0.39 is 10.8 Å². The molecule has 0 aliphatic rings. The molecule has 0 radical (unpaired) electrons.